The molecule has 0 radical (unpaired) electrons. The summed E-state index contributed by atoms with van der Waals surface area (Å²) in [6, 6.07) is 9.16. The van der Waals surface area contributed by atoms with Gasteiger partial charge in [0.05, 0.1) is 18.2 Å². The fourth-order valence-corrected chi connectivity index (χ4v) is 4.28. The van der Waals surface area contributed by atoms with Gasteiger partial charge in [0.15, 0.2) is 0 Å². The van der Waals surface area contributed by atoms with Crippen LogP contribution in [0.3, 0.4) is 0 Å². The Morgan fingerprint density at radius 3 is 2.40 bits per heavy atom. The summed E-state index contributed by atoms with van der Waals surface area (Å²) < 4.78 is 11.2. The molecule has 2 N–H and O–H groups in total. The number of aryl methyl sites for hydroxylation is 1. The van der Waals surface area contributed by atoms with Gasteiger partial charge in [-0.3, -0.25) is 4.79 Å². The first-order chi connectivity index (χ1) is 16.4. The Bertz CT molecular complexity index is 1490. The third-order valence-corrected chi connectivity index (χ3v) is 6.37. The first-order valence-corrected chi connectivity index (χ1v) is 11.6. The lowest BCUT2D eigenvalue weighted by Crippen LogP contribution is -2.43. The van der Waals surface area contributed by atoms with E-state index in [1.54, 1.807) is 43.5 Å². The second-order valence-corrected chi connectivity index (χ2v) is 10.1. The molecule has 0 aliphatic heterocycles. The van der Waals surface area contributed by atoms with Crippen LogP contribution in [0.15, 0.2) is 56.3 Å². The van der Waals surface area contributed by atoms with Gasteiger partial charge >= 0.3 is 11.6 Å². The van der Waals surface area contributed by atoms with E-state index in [1.165, 1.54) is 0 Å². The van der Waals surface area contributed by atoms with E-state index in [9.17, 15) is 19.5 Å². The zero-order valence-electron chi connectivity index (χ0n) is 19.9. The molecule has 0 saturated carbocycles. The summed E-state index contributed by atoms with van der Waals surface area (Å²) in [5, 5.41) is 14.3. The lowest BCUT2D eigenvalue weighted by molar-refractivity contribution is -0.141. The molecular formula is C27H26ClNO6. The fourth-order valence-electron chi connectivity index (χ4n) is 4.16. The van der Waals surface area contributed by atoms with Gasteiger partial charge in [-0.25, -0.2) is 9.59 Å². The highest BCUT2D eigenvalue weighted by molar-refractivity contribution is 6.30. The maximum atomic E-state index is 12.8. The zero-order chi connectivity index (χ0) is 25.5. The molecule has 0 bridgehead atoms. The van der Waals surface area contributed by atoms with Gasteiger partial charge in [0.1, 0.15) is 17.2 Å². The van der Waals surface area contributed by atoms with E-state index in [0.29, 0.717) is 32.7 Å². The smallest absolute Gasteiger partial charge is 0.340 e. The normalized spacial score (nSPS) is 12.7. The molecule has 4 aromatic rings. The van der Waals surface area contributed by atoms with Gasteiger partial charge in [-0.15, -0.1) is 0 Å². The van der Waals surface area contributed by atoms with Crippen molar-refractivity contribution in [1.29, 1.82) is 0 Å². The third kappa shape index (κ3) is 5.10. The van der Waals surface area contributed by atoms with Crippen molar-refractivity contribution in [2.24, 2.45) is 0 Å². The molecule has 0 aliphatic carbocycles. The number of amides is 1. The van der Waals surface area contributed by atoms with Crippen molar-refractivity contribution in [2.75, 3.05) is 0 Å². The van der Waals surface area contributed by atoms with Crippen LogP contribution in [0.5, 0.6) is 0 Å². The molecule has 7 nitrogen and oxygen atoms in total. The number of carboxylic acid groups (broad SMARTS) is 1. The SMILES string of the molecule is Cc1c(CC(=O)N[C@@H](Cc2ccc(Cl)cc2)C(=O)O)c(=O)oc2cc3occ(C(C)(C)C)c3cc12. The van der Waals surface area contributed by atoms with Crippen LogP contribution in [-0.4, -0.2) is 23.0 Å². The van der Waals surface area contributed by atoms with Gasteiger partial charge in [-0.05, 0) is 41.7 Å². The summed E-state index contributed by atoms with van der Waals surface area (Å²) in [5.74, 6) is -1.76. The van der Waals surface area contributed by atoms with Crippen molar-refractivity contribution in [3.8, 4) is 0 Å². The molecule has 0 saturated heterocycles. The summed E-state index contributed by atoms with van der Waals surface area (Å²) in [7, 11) is 0. The van der Waals surface area contributed by atoms with E-state index in [-0.39, 0.29) is 23.8 Å². The molecular weight excluding hydrogens is 470 g/mol. The largest absolute Gasteiger partial charge is 0.480 e. The van der Waals surface area contributed by atoms with Crippen molar-refractivity contribution in [3.63, 3.8) is 0 Å². The fraction of sp³-hybridized carbons (Fsp3) is 0.296. The second kappa shape index (κ2) is 9.23. The molecule has 8 heteroatoms. The average molecular weight is 496 g/mol. The van der Waals surface area contributed by atoms with Gasteiger partial charge in [0.2, 0.25) is 5.91 Å². The molecule has 0 spiro atoms. The number of aliphatic carboxylic acids is 1. The summed E-state index contributed by atoms with van der Waals surface area (Å²) in [6.45, 7) is 8.00. The van der Waals surface area contributed by atoms with Crippen LogP contribution >= 0.6 is 11.6 Å². The van der Waals surface area contributed by atoms with Crippen molar-refractivity contribution in [3.05, 3.63) is 80.4 Å². The standard InChI is InChI=1S/C27H26ClNO6/c1-14-17-10-19-20(27(2,3)4)13-34-22(19)12-23(17)35-26(33)18(14)11-24(30)29-21(25(31)32)9-15-5-7-16(28)8-6-15/h5-8,10,12-13,21H,9,11H2,1-4H3,(H,29,30)(H,31,32)/t21-/m0/s1. The van der Waals surface area contributed by atoms with Crippen LogP contribution in [0.1, 0.15) is 43.0 Å². The Hall–Kier alpha value is -3.58. The lowest BCUT2D eigenvalue weighted by Gasteiger charge is -2.17. The van der Waals surface area contributed by atoms with Crippen LogP contribution in [0.4, 0.5) is 0 Å². The van der Waals surface area contributed by atoms with Crippen LogP contribution in [0, 0.1) is 6.92 Å². The predicted molar refractivity (Wildman–Crippen MR) is 134 cm³/mol. The number of hydrogen-bond donors (Lipinski definition) is 2. The molecule has 2 aromatic heterocycles. The molecule has 182 valence electrons. The average Bonchev–Trinajstić information content (AvgIpc) is 3.20. The van der Waals surface area contributed by atoms with E-state index in [1.807, 2.05) is 6.07 Å². The Morgan fingerprint density at radius 2 is 1.77 bits per heavy atom. The van der Waals surface area contributed by atoms with E-state index >= 15 is 0 Å². The second-order valence-electron chi connectivity index (χ2n) is 9.70. The highest BCUT2D eigenvalue weighted by Gasteiger charge is 2.24. The topological polar surface area (TPSA) is 110 Å². The monoisotopic (exact) mass is 495 g/mol. The minimum absolute atomic E-state index is 0.0810. The first kappa shape index (κ1) is 24.5. The van der Waals surface area contributed by atoms with Gasteiger partial charge < -0.3 is 19.3 Å². The minimum atomic E-state index is -1.17. The molecule has 2 aromatic carbocycles. The highest BCUT2D eigenvalue weighted by atomic mass is 35.5. The van der Waals surface area contributed by atoms with Crippen LogP contribution in [0.2, 0.25) is 5.02 Å². The van der Waals surface area contributed by atoms with Gasteiger partial charge in [-0.2, -0.15) is 0 Å². The number of hydrogen-bond acceptors (Lipinski definition) is 5. The van der Waals surface area contributed by atoms with Gasteiger partial charge in [-0.1, -0.05) is 44.5 Å². The zero-order valence-corrected chi connectivity index (χ0v) is 20.7. The molecule has 0 unspecified atom stereocenters. The number of nitrogens with one attached hydrogen (secondary N) is 1. The number of furan rings is 1. The summed E-state index contributed by atoms with van der Waals surface area (Å²) in [6.07, 6.45) is 1.49. The maximum Gasteiger partial charge on any atom is 0.340 e. The Balaban J connectivity index is 1.63. The van der Waals surface area contributed by atoms with E-state index in [2.05, 4.69) is 26.1 Å². The highest BCUT2D eigenvalue weighted by Crippen LogP contribution is 2.35. The number of carbonyl (C=O) groups excluding carboxylic acids is 1. The Labute approximate surface area is 206 Å². The minimum Gasteiger partial charge on any atom is -0.480 e. The Morgan fingerprint density at radius 1 is 1.09 bits per heavy atom. The van der Waals surface area contributed by atoms with Gasteiger partial charge in [0, 0.05) is 33.8 Å². The third-order valence-electron chi connectivity index (χ3n) is 6.11. The molecule has 1 amide bonds. The number of carboxylic acids is 1. The van der Waals surface area contributed by atoms with Crippen molar-refractivity contribution >= 4 is 45.4 Å². The molecule has 0 aliphatic rings. The lowest BCUT2D eigenvalue weighted by atomic mass is 9.86. The molecule has 4 rings (SSSR count). The van der Waals surface area contributed by atoms with Crippen LogP contribution in [-0.2, 0) is 27.8 Å². The summed E-state index contributed by atoms with van der Waals surface area (Å²) in [4.78, 5) is 37.3. The van der Waals surface area contributed by atoms with E-state index < -0.39 is 23.5 Å². The van der Waals surface area contributed by atoms with Crippen molar-refractivity contribution in [2.45, 2.75) is 52.0 Å². The summed E-state index contributed by atoms with van der Waals surface area (Å²) in [5.41, 5.74) is 2.71. The number of halogens is 1. The predicted octanol–water partition coefficient (Wildman–Crippen LogP) is 5.15. The van der Waals surface area contributed by atoms with Crippen LogP contribution < -0.4 is 10.9 Å². The first-order valence-electron chi connectivity index (χ1n) is 11.2. The number of fused-ring (bicyclic) bond motifs is 2. The summed E-state index contributed by atoms with van der Waals surface area (Å²) >= 11 is 5.88. The molecule has 35 heavy (non-hydrogen) atoms. The molecule has 2 heterocycles. The van der Waals surface area contributed by atoms with Crippen LogP contribution in [0.25, 0.3) is 21.9 Å². The quantitative estimate of drug-likeness (QED) is 0.358. The number of rotatable bonds is 6. The number of benzene rings is 2. The number of carbonyl (C=O) groups is 2. The van der Waals surface area contributed by atoms with E-state index in [4.69, 9.17) is 20.4 Å². The van der Waals surface area contributed by atoms with Crippen molar-refractivity contribution < 1.29 is 23.5 Å². The molecule has 1 atom stereocenters. The van der Waals surface area contributed by atoms with E-state index in [0.717, 1.165) is 10.9 Å². The Kier molecular flexibility index (Phi) is 6.47. The maximum absolute atomic E-state index is 12.8. The van der Waals surface area contributed by atoms with Crippen molar-refractivity contribution in [1.82, 2.24) is 5.32 Å². The van der Waals surface area contributed by atoms with Gasteiger partial charge in [0.25, 0.3) is 0 Å². The molecule has 0 fully saturated rings.